The van der Waals surface area contributed by atoms with Crippen molar-refractivity contribution in [1.29, 1.82) is 0 Å². The summed E-state index contributed by atoms with van der Waals surface area (Å²) in [4.78, 5) is 34.3. The van der Waals surface area contributed by atoms with Gasteiger partial charge in [0.15, 0.2) is 0 Å². The Morgan fingerprint density at radius 1 is 0.647 bits per heavy atom. The minimum absolute atomic E-state index is 0.0103. The summed E-state index contributed by atoms with van der Waals surface area (Å²) in [5.74, 6) is 0.681. The van der Waals surface area contributed by atoms with Gasteiger partial charge in [0.1, 0.15) is 0 Å². The van der Waals surface area contributed by atoms with Crippen LogP contribution < -0.4 is 19.6 Å². The number of aryl methyl sites for hydroxylation is 2. The first-order valence-electron chi connectivity index (χ1n) is 10.5. The molecule has 0 saturated carbocycles. The molecule has 0 saturated heterocycles. The fraction of sp³-hybridized carbons (Fsp3) is 0.0769. The standard InChI is InChI=1S/C26H22N4O2Se2/c1-17-9-11-19(25(31)29-23-7-3-5-13-27-23)21(15-17)33-34-22-16-18(2)10-12-20(22)26(32)30-24-8-4-6-14-28-24/h3-16H,1-2H3,(H,27,29,31)(H,28,30,32). The fourth-order valence-electron chi connectivity index (χ4n) is 3.10. The maximum atomic E-state index is 13.0. The molecule has 0 bridgehead atoms. The first-order valence-corrected chi connectivity index (χ1v) is 16.5. The molecule has 0 unspecified atom stereocenters. The minimum atomic E-state index is -0.177. The van der Waals surface area contributed by atoms with Crippen LogP contribution >= 0.6 is 0 Å². The van der Waals surface area contributed by atoms with E-state index in [1.54, 1.807) is 24.5 Å². The Hall–Kier alpha value is -3.28. The molecule has 0 aliphatic rings. The third-order valence-corrected chi connectivity index (χ3v) is 12.0. The van der Waals surface area contributed by atoms with Gasteiger partial charge < -0.3 is 0 Å². The van der Waals surface area contributed by atoms with Gasteiger partial charge in [-0.05, 0) is 0 Å². The molecule has 4 rings (SSSR count). The van der Waals surface area contributed by atoms with E-state index < -0.39 is 0 Å². The van der Waals surface area contributed by atoms with Crippen molar-refractivity contribution in [2.45, 2.75) is 13.8 Å². The number of amides is 2. The van der Waals surface area contributed by atoms with Crippen LogP contribution in [0.4, 0.5) is 11.6 Å². The molecule has 2 N–H and O–H groups in total. The van der Waals surface area contributed by atoms with Crippen molar-refractivity contribution in [2.24, 2.45) is 0 Å². The number of hydrogen-bond donors (Lipinski definition) is 2. The Kier molecular flexibility index (Phi) is 7.88. The molecule has 2 aromatic carbocycles. The SMILES string of the molecule is Cc1ccc(C(=O)Nc2ccccn2)c([Se][Se]c2cc(C)ccc2C(=O)Nc2ccccn2)c1. The van der Waals surface area contributed by atoms with Crippen molar-refractivity contribution in [3.05, 3.63) is 107 Å². The van der Waals surface area contributed by atoms with Crippen molar-refractivity contribution in [3.63, 3.8) is 0 Å². The predicted molar refractivity (Wildman–Crippen MR) is 138 cm³/mol. The van der Waals surface area contributed by atoms with E-state index in [1.807, 2.05) is 62.4 Å². The van der Waals surface area contributed by atoms with Crippen LogP contribution in [0.3, 0.4) is 0 Å². The molecular weight excluding hydrogens is 558 g/mol. The molecule has 0 radical (unpaired) electrons. The van der Waals surface area contributed by atoms with E-state index in [4.69, 9.17) is 0 Å². The van der Waals surface area contributed by atoms with E-state index in [1.165, 1.54) is 0 Å². The number of nitrogens with one attached hydrogen (secondary N) is 2. The van der Waals surface area contributed by atoms with Gasteiger partial charge in [0.2, 0.25) is 0 Å². The zero-order chi connectivity index (χ0) is 23.9. The second kappa shape index (κ2) is 11.2. The number of rotatable bonds is 7. The molecule has 170 valence electrons. The van der Waals surface area contributed by atoms with Gasteiger partial charge in [-0.2, -0.15) is 0 Å². The van der Waals surface area contributed by atoms with E-state index in [2.05, 4.69) is 32.7 Å². The summed E-state index contributed by atoms with van der Waals surface area (Å²) in [6, 6.07) is 22.6. The van der Waals surface area contributed by atoms with Crippen LogP contribution in [0.1, 0.15) is 31.8 Å². The number of aromatic nitrogens is 2. The Morgan fingerprint density at radius 2 is 1.09 bits per heavy atom. The zero-order valence-corrected chi connectivity index (χ0v) is 22.0. The van der Waals surface area contributed by atoms with Crippen molar-refractivity contribution < 1.29 is 9.59 Å². The van der Waals surface area contributed by atoms with E-state index >= 15 is 0 Å². The third-order valence-electron chi connectivity index (χ3n) is 4.80. The van der Waals surface area contributed by atoms with E-state index in [9.17, 15) is 9.59 Å². The zero-order valence-electron chi connectivity index (χ0n) is 18.6. The second-order valence-electron chi connectivity index (χ2n) is 7.50. The maximum absolute atomic E-state index is 13.0. The van der Waals surface area contributed by atoms with Gasteiger partial charge in [-0.15, -0.1) is 0 Å². The Bertz CT molecular complexity index is 1210. The quantitative estimate of drug-likeness (QED) is 0.330. The summed E-state index contributed by atoms with van der Waals surface area (Å²) >= 11 is -0.0206. The summed E-state index contributed by atoms with van der Waals surface area (Å²) in [7, 11) is 0. The first kappa shape index (κ1) is 23.9. The molecule has 0 aliphatic carbocycles. The molecule has 4 aromatic rings. The van der Waals surface area contributed by atoms with Gasteiger partial charge in [-0.1, -0.05) is 0 Å². The van der Waals surface area contributed by atoms with E-state index in [-0.39, 0.29) is 38.1 Å². The molecule has 34 heavy (non-hydrogen) atoms. The van der Waals surface area contributed by atoms with Crippen molar-refractivity contribution in [3.8, 4) is 0 Å². The summed E-state index contributed by atoms with van der Waals surface area (Å²) in [6.07, 6.45) is 3.29. The van der Waals surface area contributed by atoms with E-state index in [0.29, 0.717) is 22.8 Å². The number of hydrogen-bond acceptors (Lipinski definition) is 4. The second-order valence-corrected chi connectivity index (χ2v) is 13.7. The molecule has 0 spiro atoms. The van der Waals surface area contributed by atoms with Crippen LogP contribution in [0.15, 0.2) is 85.2 Å². The predicted octanol–water partition coefficient (Wildman–Crippen LogP) is 2.87. The molecule has 2 aromatic heterocycles. The molecule has 6 nitrogen and oxygen atoms in total. The average molecular weight is 580 g/mol. The van der Waals surface area contributed by atoms with Gasteiger partial charge in [-0.25, -0.2) is 0 Å². The monoisotopic (exact) mass is 582 g/mol. The van der Waals surface area contributed by atoms with Crippen molar-refractivity contribution >= 4 is 58.6 Å². The van der Waals surface area contributed by atoms with Crippen molar-refractivity contribution in [2.75, 3.05) is 10.6 Å². The molecule has 8 heteroatoms. The fourth-order valence-corrected chi connectivity index (χ4v) is 10.5. The van der Waals surface area contributed by atoms with Gasteiger partial charge in [0.05, 0.1) is 0 Å². The van der Waals surface area contributed by atoms with Gasteiger partial charge >= 0.3 is 210 Å². The van der Waals surface area contributed by atoms with Crippen LogP contribution in [-0.4, -0.2) is 48.0 Å². The Labute approximate surface area is 209 Å². The van der Waals surface area contributed by atoms with Crippen molar-refractivity contribution in [1.82, 2.24) is 9.97 Å². The summed E-state index contributed by atoms with van der Waals surface area (Å²) in [6.45, 7) is 4.04. The molecule has 0 aliphatic heterocycles. The first-order chi connectivity index (χ1) is 16.5. The van der Waals surface area contributed by atoms with Crippen LogP contribution in [0, 0.1) is 13.8 Å². The number of benzene rings is 2. The van der Waals surface area contributed by atoms with Crippen LogP contribution in [0.2, 0.25) is 0 Å². The summed E-state index contributed by atoms with van der Waals surface area (Å²) in [5, 5.41) is 5.76. The normalized spacial score (nSPS) is 10.5. The van der Waals surface area contributed by atoms with Gasteiger partial charge in [-0.3, -0.25) is 0 Å². The summed E-state index contributed by atoms with van der Waals surface area (Å²) < 4.78 is 2.03. The molecule has 2 heterocycles. The number of carbonyl (C=O) groups is 2. The molecule has 2 amide bonds. The van der Waals surface area contributed by atoms with Gasteiger partial charge in [0, 0.05) is 0 Å². The van der Waals surface area contributed by atoms with Crippen LogP contribution in [0.25, 0.3) is 0 Å². The van der Waals surface area contributed by atoms with E-state index in [0.717, 1.165) is 20.1 Å². The molecule has 0 fully saturated rings. The Morgan fingerprint density at radius 3 is 1.47 bits per heavy atom. The number of carbonyl (C=O) groups excluding carboxylic acids is 2. The average Bonchev–Trinajstić information content (AvgIpc) is 2.84. The number of pyridine rings is 2. The molecular formula is C26H22N4O2Se2. The summed E-state index contributed by atoms with van der Waals surface area (Å²) in [5.41, 5.74) is 3.48. The molecule has 0 atom stereocenters. The van der Waals surface area contributed by atoms with Gasteiger partial charge in [0.25, 0.3) is 0 Å². The van der Waals surface area contributed by atoms with Crippen LogP contribution in [0.5, 0.6) is 0 Å². The third kappa shape index (κ3) is 6.19. The number of anilines is 2. The van der Waals surface area contributed by atoms with Crippen LogP contribution in [-0.2, 0) is 0 Å². The number of nitrogens with zero attached hydrogens (tertiary/aromatic N) is 2. The topological polar surface area (TPSA) is 84.0 Å². The Balaban J connectivity index is 1.55.